The number of hydrogen-bond acceptors (Lipinski definition) is 4. The molecule has 0 aliphatic carbocycles. The van der Waals surface area contributed by atoms with E-state index in [-0.39, 0.29) is 36.9 Å². The van der Waals surface area contributed by atoms with E-state index in [1.807, 2.05) is 56.3 Å². The van der Waals surface area contributed by atoms with Crippen LogP contribution in [-0.2, 0) is 9.59 Å². The van der Waals surface area contributed by atoms with Crippen LogP contribution in [0.2, 0.25) is 0 Å². The molecular formula is C21H26N2O4. The van der Waals surface area contributed by atoms with Crippen molar-refractivity contribution >= 4 is 11.8 Å². The van der Waals surface area contributed by atoms with E-state index in [9.17, 15) is 9.59 Å². The molecule has 0 aromatic heterocycles. The molecule has 0 heterocycles. The highest BCUT2D eigenvalue weighted by Gasteiger charge is 2.18. The minimum atomic E-state index is -0.348. The van der Waals surface area contributed by atoms with Crippen LogP contribution in [-0.4, -0.2) is 32.1 Å². The number of ether oxygens (including phenoxy) is 2. The smallest absolute Gasteiger partial charge is 0.258 e. The molecule has 2 aromatic rings. The second-order valence-electron chi connectivity index (χ2n) is 6.44. The number of carbonyl (C=O) groups is 2. The number of amides is 2. The van der Waals surface area contributed by atoms with Crippen molar-refractivity contribution < 1.29 is 19.1 Å². The van der Waals surface area contributed by atoms with Gasteiger partial charge in [-0.25, -0.2) is 0 Å². The van der Waals surface area contributed by atoms with Crippen LogP contribution in [0.4, 0.5) is 0 Å². The number of hydrogen-bond donors (Lipinski definition) is 2. The molecular weight excluding hydrogens is 344 g/mol. The van der Waals surface area contributed by atoms with Gasteiger partial charge in [0.15, 0.2) is 6.61 Å². The minimum absolute atomic E-state index is 0.101. The lowest BCUT2D eigenvalue weighted by Crippen LogP contribution is -2.41. The Morgan fingerprint density at radius 1 is 0.926 bits per heavy atom. The van der Waals surface area contributed by atoms with E-state index in [4.69, 9.17) is 9.47 Å². The van der Waals surface area contributed by atoms with E-state index in [0.29, 0.717) is 5.75 Å². The van der Waals surface area contributed by atoms with Gasteiger partial charge < -0.3 is 20.1 Å². The van der Waals surface area contributed by atoms with Gasteiger partial charge in [-0.15, -0.1) is 0 Å². The number of rotatable bonds is 9. The molecule has 2 amide bonds. The van der Waals surface area contributed by atoms with Crippen LogP contribution < -0.4 is 20.1 Å². The third-order valence-corrected chi connectivity index (χ3v) is 4.02. The average Bonchev–Trinajstić information content (AvgIpc) is 2.69. The summed E-state index contributed by atoms with van der Waals surface area (Å²) >= 11 is 0. The Morgan fingerprint density at radius 2 is 1.59 bits per heavy atom. The maximum Gasteiger partial charge on any atom is 0.258 e. The Balaban J connectivity index is 1.81. The van der Waals surface area contributed by atoms with E-state index in [1.54, 1.807) is 19.2 Å². The summed E-state index contributed by atoms with van der Waals surface area (Å²) in [6.45, 7) is 3.82. The average molecular weight is 370 g/mol. The Bertz CT molecular complexity index is 730. The summed E-state index contributed by atoms with van der Waals surface area (Å²) in [4.78, 5) is 24.1. The molecule has 2 N–H and O–H groups in total. The second kappa shape index (κ2) is 10.2. The van der Waals surface area contributed by atoms with Crippen molar-refractivity contribution in [3.63, 3.8) is 0 Å². The molecule has 0 fully saturated rings. The van der Waals surface area contributed by atoms with Crippen molar-refractivity contribution in [1.29, 1.82) is 0 Å². The van der Waals surface area contributed by atoms with Gasteiger partial charge in [0.1, 0.15) is 11.5 Å². The molecule has 27 heavy (non-hydrogen) atoms. The molecule has 0 aliphatic rings. The third kappa shape index (κ3) is 6.66. The van der Waals surface area contributed by atoms with Crippen LogP contribution in [0.1, 0.15) is 25.5 Å². The lowest BCUT2D eigenvalue weighted by Gasteiger charge is -2.23. The monoisotopic (exact) mass is 370 g/mol. The topological polar surface area (TPSA) is 76.7 Å². The van der Waals surface area contributed by atoms with E-state index < -0.39 is 0 Å². The van der Waals surface area contributed by atoms with Crippen molar-refractivity contribution in [2.45, 2.75) is 19.9 Å². The predicted molar refractivity (Wildman–Crippen MR) is 104 cm³/mol. The molecule has 0 saturated heterocycles. The molecule has 1 unspecified atom stereocenters. The highest BCUT2D eigenvalue weighted by atomic mass is 16.5. The number of carbonyl (C=O) groups excluding carboxylic acids is 2. The van der Waals surface area contributed by atoms with E-state index >= 15 is 0 Å². The Kier molecular flexibility index (Phi) is 7.67. The minimum Gasteiger partial charge on any atom is -0.497 e. The summed E-state index contributed by atoms with van der Waals surface area (Å²) in [6, 6.07) is 16.5. The molecule has 0 bridgehead atoms. The highest BCUT2D eigenvalue weighted by molar-refractivity contribution is 5.85. The van der Waals surface area contributed by atoms with Crippen molar-refractivity contribution in [2.75, 3.05) is 20.3 Å². The molecule has 0 spiro atoms. The van der Waals surface area contributed by atoms with Gasteiger partial charge >= 0.3 is 0 Å². The van der Waals surface area contributed by atoms with Crippen LogP contribution in [0.15, 0.2) is 54.6 Å². The summed E-state index contributed by atoms with van der Waals surface area (Å²) < 4.78 is 10.5. The lowest BCUT2D eigenvalue weighted by atomic mass is 9.96. The molecule has 6 heteroatoms. The van der Waals surface area contributed by atoms with Gasteiger partial charge in [-0.3, -0.25) is 9.59 Å². The molecule has 2 aromatic carbocycles. The number of para-hydroxylation sites is 1. The number of nitrogens with one attached hydrogen (secondary N) is 2. The molecule has 144 valence electrons. The SMILES string of the molecule is COc1ccc(C(NC(=O)CNC(=O)COc2ccccc2)C(C)C)cc1. The largest absolute Gasteiger partial charge is 0.497 e. The van der Waals surface area contributed by atoms with Gasteiger partial charge in [-0.05, 0) is 35.7 Å². The molecule has 0 radical (unpaired) electrons. The zero-order valence-corrected chi connectivity index (χ0v) is 15.9. The van der Waals surface area contributed by atoms with Crippen LogP contribution in [0.3, 0.4) is 0 Å². The van der Waals surface area contributed by atoms with Crippen molar-refractivity contribution in [3.8, 4) is 11.5 Å². The first-order valence-corrected chi connectivity index (χ1v) is 8.87. The molecule has 0 saturated carbocycles. The maximum absolute atomic E-state index is 12.2. The summed E-state index contributed by atoms with van der Waals surface area (Å²) in [5.41, 5.74) is 0.984. The fraction of sp³-hybridized carbons (Fsp3) is 0.333. The fourth-order valence-electron chi connectivity index (χ4n) is 2.57. The first kappa shape index (κ1) is 20.3. The number of methoxy groups -OCH3 is 1. The first-order chi connectivity index (χ1) is 13.0. The predicted octanol–water partition coefficient (Wildman–Crippen LogP) is 2.70. The molecule has 2 rings (SSSR count). The fourth-order valence-corrected chi connectivity index (χ4v) is 2.57. The van der Waals surface area contributed by atoms with Crippen molar-refractivity contribution in [1.82, 2.24) is 10.6 Å². The van der Waals surface area contributed by atoms with E-state index in [0.717, 1.165) is 11.3 Å². The highest BCUT2D eigenvalue weighted by Crippen LogP contribution is 2.23. The van der Waals surface area contributed by atoms with Gasteiger partial charge in [0.05, 0.1) is 19.7 Å². The summed E-state index contributed by atoms with van der Waals surface area (Å²) in [5.74, 6) is 0.964. The van der Waals surface area contributed by atoms with Gasteiger partial charge in [-0.1, -0.05) is 44.2 Å². The summed E-state index contributed by atoms with van der Waals surface area (Å²) in [6.07, 6.45) is 0. The van der Waals surface area contributed by atoms with Crippen LogP contribution in [0.5, 0.6) is 11.5 Å². The molecule has 6 nitrogen and oxygen atoms in total. The van der Waals surface area contributed by atoms with Crippen LogP contribution in [0, 0.1) is 5.92 Å². The Hall–Kier alpha value is -3.02. The first-order valence-electron chi connectivity index (χ1n) is 8.87. The number of benzene rings is 2. The van der Waals surface area contributed by atoms with Crippen molar-refractivity contribution in [3.05, 3.63) is 60.2 Å². The van der Waals surface area contributed by atoms with Gasteiger partial charge in [0, 0.05) is 0 Å². The lowest BCUT2D eigenvalue weighted by molar-refractivity contribution is -0.127. The van der Waals surface area contributed by atoms with Gasteiger partial charge in [0.25, 0.3) is 5.91 Å². The zero-order valence-electron chi connectivity index (χ0n) is 15.9. The van der Waals surface area contributed by atoms with Crippen molar-refractivity contribution in [2.24, 2.45) is 5.92 Å². The molecule has 1 atom stereocenters. The quantitative estimate of drug-likeness (QED) is 0.712. The third-order valence-electron chi connectivity index (χ3n) is 4.02. The Labute approximate surface area is 159 Å². The Morgan fingerprint density at radius 3 is 2.19 bits per heavy atom. The normalized spacial score (nSPS) is 11.6. The maximum atomic E-state index is 12.2. The zero-order chi connectivity index (χ0) is 19.6. The van der Waals surface area contributed by atoms with Crippen LogP contribution >= 0.6 is 0 Å². The van der Waals surface area contributed by atoms with Crippen LogP contribution in [0.25, 0.3) is 0 Å². The van der Waals surface area contributed by atoms with Gasteiger partial charge in [0.2, 0.25) is 5.91 Å². The summed E-state index contributed by atoms with van der Waals surface area (Å²) in [5, 5.41) is 5.53. The standard InChI is InChI=1S/C21H26N2O4/c1-15(2)21(16-9-11-17(26-3)12-10-16)23-19(24)13-22-20(25)14-27-18-7-5-4-6-8-18/h4-12,15,21H,13-14H2,1-3H3,(H,22,25)(H,23,24). The van der Waals surface area contributed by atoms with Gasteiger partial charge in [-0.2, -0.15) is 0 Å². The van der Waals surface area contributed by atoms with E-state index in [1.165, 1.54) is 0 Å². The summed E-state index contributed by atoms with van der Waals surface area (Å²) in [7, 11) is 1.61. The van der Waals surface area contributed by atoms with E-state index in [2.05, 4.69) is 10.6 Å². The second-order valence-corrected chi connectivity index (χ2v) is 6.44. The molecule has 0 aliphatic heterocycles.